The Morgan fingerprint density at radius 3 is 1.57 bits per heavy atom. The van der Waals surface area contributed by atoms with Gasteiger partial charge in [0.05, 0.1) is 0 Å². The van der Waals surface area contributed by atoms with Crippen molar-refractivity contribution in [1.29, 1.82) is 0 Å². The van der Waals surface area contributed by atoms with Crippen LogP contribution in [0.5, 0.6) is 0 Å². The molecule has 224 valence electrons. The summed E-state index contributed by atoms with van der Waals surface area (Å²) in [6.07, 6.45) is 0.978. The van der Waals surface area contributed by atoms with Crippen molar-refractivity contribution in [1.82, 2.24) is 4.90 Å². The molecule has 4 atom stereocenters. The molecule has 0 unspecified atom stereocenters. The standard InChI is InChI=1S/C21H27N2O2.C2F6NO4S2/c1-16(20(24)18-9-5-3-6-10-18)22-13-14-23(15-22)17(2)21(25)19-11-7-4-8-12-19;3-1(4,5)14(10,11)9-15(12,13)2(6,7)8/h3-12,15-17,20-21,24-25H,13-14H2,1-2H3;/q+1;-1/t16-,17-,20-,21-;/m0./s1. The smallest absolute Gasteiger partial charge is 0.421 e. The highest BCUT2D eigenvalue weighted by Gasteiger charge is 2.47. The first-order chi connectivity index (χ1) is 18.3. The molecular weight excluding hydrogens is 592 g/mol. The summed E-state index contributed by atoms with van der Waals surface area (Å²) < 4.78 is 111. The average molecular weight is 620 g/mol. The van der Waals surface area contributed by atoms with Crippen LogP contribution in [0.3, 0.4) is 0 Å². The number of alkyl halides is 6. The van der Waals surface area contributed by atoms with Crippen LogP contribution in [0.25, 0.3) is 4.13 Å². The highest BCUT2D eigenvalue weighted by Crippen LogP contribution is 2.36. The second-order valence-electron chi connectivity index (χ2n) is 8.70. The number of aliphatic hydroxyl groups is 2. The molecule has 1 heterocycles. The Balaban J connectivity index is 0.000000323. The highest BCUT2D eigenvalue weighted by atomic mass is 32.3. The maximum absolute atomic E-state index is 11.4. The number of hydrogen-bond acceptors (Lipinski definition) is 7. The predicted octanol–water partition coefficient (Wildman–Crippen LogP) is 3.65. The van der Waals surface area contributed by atoms with Crippen LogP contribution in [0.15, 0.2) is 60.7 Å². The number of aliphatic hydroxyl groups excluding tert-OH is 2. The van der Waals surface area contributed by atoms with E-state index in [2.05, 4.69) is 9.48 Å². The van der Waals surface area contributed by atoms with Gasteiger partial charge in [0.15, 0.2) is 20.0 Å². The lowest BCUT2D eigenvalue weighted by Crippen LogP contribution is -2.35. The first-order valence-electron chi connectivity index (χ1n) is 11.5. The van der Waals surface area contributed by atoms with Crippen molar-refractivity contribution in [3.63, 3.8) is 0 Å². The number of benzene rings is 2. The largest absolute Gasteiger partial charge is 0.480 e. The number of rotatable bonds is 8. The van der Waals surface area contributed by atoms with E-state index >= 15 is 0 Å². The number of nitrogens with zero attached hydrogens (tertiary/aromatic N) is 3. The van der Waals surface area contributed by atoms with Crippen LogP contribution in [-0.4, -0.2) is 79.1 Å². The normalized spacial score (nSPS) is 17.8. The molecule has 0 saturated carbocycles. The lowest BCUT2D eigenvalue weighted by Gasteiger charge is -2.22. The number of sulfonamides is 2. The second-order valence-corrected chi connectivity index (χ2v) is 12.1. The molecule has 2 aromatic rings. The van der Waals surface area contributed by atoms with Gasteiger partial charge in [-0.15, -0.1) is 0 Å². The van der Waals surface area contributed by atoms with Gasteiger partial charge in [-0.2, -0.15) is 26.3 Å². The van der Waals surface area contributed by atoms with Gasteiger partial charge in [0.1, 0.15) is 37.4 Å². The zero-order valence-corrected chi connectivity index (χ0v) is 22.7. The van der Waals surface area contributed by atoms with Crippen LogP contribution in [0.2, 0.25) is 0 Å². The Kier molecular flexibility index (Phi) is 10.7. The summed E-state index contributed by atoms with van der Waals surface area (Å²) in [6.45, 7) is 5.76. The van der Waals surface area contributed by atoms with Crippen LogP contribution in [0.4, 0.5) is 26.3 Å². The van der Waals surface area contributed by atoms with Crippen molar-refractivity contribution in [3.8, 4) is 0 Å². The molecule has 0 amide bonds. The van der Waals surface area contributed by atoms with Crippen molar-refractivity contribution < 1.29 is 58.0 Å². The van der Waals surface area contributed by atoms with Crippen LogP contribution in [-0.2, 0) is 20.0 Å². The van der Waals surface area contributed by atoms with Gasteiger partial charge in [-0.25, -0.2) is 16.8 Å². The van der Waals surface area contributed by atoms with Gasteiger partial charge in [-0.05, 0) is 25.0 Å². The average Bonchev–Trinajstić information content (AvgIpc) is 3.37. The van der Waals surface area contributed by atoms with E-state index in [4.69, 9.17) is 0 Å². The topological polar surface area (TPSA) is 129 Å². The highest BCUT2D eigenvalue weighted by molar-refractivity contribution is 8.13. The van der Waals surface area contributed by atoms with Crippen molar-refractivity contribution in [3.05, 3.63) is 75.9 Å². The summed E-state index contributed by atoms with van der Waals surface area (Å²) in [4.78, 5) is 2.16. The van der Waals surface area contributed by atoms with Gasteiger partial charge in [0, 0.05) is 0 Å². The summed E-state index contributed by atoms with van der Waals surface area (Å²) in [6, 6.07) is 19.5. The van der Waals surface area contributed by atoms with Crippen molar-refractivity contribution >= 4 is 26.4 Å². The van der Waals surface area contributed by atoms with Gasteiger partial charge < -0.3 is 14.3 Å². The molecule has 2 N–H and O–H groups in total. The van der Waals surface area contributed by atoms with Crippen molar-refractivity contribution in [2.24, 2.45) is 0 Å². The fourth-order valence-corrected chi connectivity index (χ4v) is 5.30. The predicted molar refractivity (Wildman–Crippen MR) is 133 cm³/mol. The summed E-state index contributed by atoms with van der Waals surface area (Å²) in [5.74, 6) is 0. The Bertz CT molecular complexity index is 1310. The Labute approximate surface area is 227 Å². The summed E-state index contributed by atoms with van der Waals surface area (Å²) >= 11 is 0. The van der Waals surface area contributed by atoms with Gasteiger partial charge in [0.2, 0.25) is 6.34 Å². The van der Waals surface area contributed by atoms with Crippen molar-refractivity contribution in [2.45, 2.75) is 49.2 Å². The quantitative estimate of drug-likeness (QED) is 0.341. The van der Waals surface area contributed by atoms with E-state index in [1.807, 2.05) is 80.8 Å². The molecule has 1 aliphatic rings. The van der Waals surface area contributed by atoms with E-state index in [0.717, 1.165) is 28.3 Å². The Hall–Kier alpha value is -2.73. The van der Waals surface area contributed by atoms with Crippen LogP contribution >= 0.6 is 0 Å². The molecular formula is C23H27F6N3O6S2. The SMILES string of the molecule is C[C@@H]([C@H](O)c1ccccc1)N1C=[N+]([C@@H](C)[C@H](O)c2ccccc2)CC1.O=S(=O)([N-]S(=O)(=O)C(F)(F)F)C(F)(F)F. The van der Waals surface area contributed by atoms with Crippen LogP contribution in [0.1, 0.15) is 37.2 Å². The minimum absolute atomic E-state index is 0.0199. The van der Waals surface area contributed by atoms with Crippen LogP contribution in [0, 0.1) is 0 Å². The van der Waals surface area contributed by atoms with E-state index in [1.54, 1.807) is 0 Å². The number of hydrogen-bond donors (Lipinski definition) is 2. The molecule has 0 fully saturated rings. The van der Waals surface area contributed by atoms with E-state index < -0.39 is 43.3 Å². The summed E-state index contributed by atoms with van der Waals surface area (Å²) in [7, 11) is -13.4. The molecule has 0 bridgehead atoms. The molecule has 0 saturated heterocycles. The first kappa shape index (κ1) is 33.5. The fourth-order valence-electron chi connectivity index (χ4n) is 3.59. The summed E-state index contributed by atoms with van der Waals surface area (Å²) in [5.41, 5.74) is -10.5. The Morgan fingerprint density at radius 2 is 1.18 bits per heavy atom. The van der Waals surface area contributed by atoms with E-state index in [9.17, 15) is 53.4 Å². The van der Waals surface area contributed by atoms with Gasteiger partial charge >= 0.3 is 11.0 Å². The molecule has 3 rings (SSSR count). The molecule has 9 nitrogen and oxygen atoms in total. The lowest BCUT2D eigenvalue weighted by molar-refractivity contribution is -0.561. The van der Waals surface area contributed by atoms with Gasteiger partial charge in [-0.1, -0.05) is 60.7 Å². The van der Waals surface area contributed by atoms with Crippen molar-refractivity contribution in [2.75, 3.05) is 13.1 Å². The zero-order valence-electron chi connectivity index (χ0n) is 21.0. The molecule has 0 radical (unpaired) electrons. The minimum atomic E-state index is -6.72. The molecule has 17 heteroatoms. The maximum Gasteiger partial charge on any atom is 0.480 e. The molecule has 0 aliphatic carbocycles. The molecule has 2 aromatic carbocycles. The Morgan fingerprint density at radius 1 is 0.775 bits per heavy atom. The molecule has 0 spiro atoms. The third-order valence-corrected chi connectivity index (χ3v) is 8.68. The van der Waals surface area contributed by atoms with E-state index in [0.29, 0.717) is 0 Å². The molecule has 1 aliphatic heterocycles. The lowest BCUT2D eigenvalue weighted by atomic mass is 10.0. The van der Waals surface area contributed by atoms with Crippen LogP contribution < -0.4 is 0 Å². The maximum atomic E-state index is 11.4. The first-order valence-corrected chi connectivity index (χ1v) is 14.4. The van der Waals surface area contributed by atoms with E-state index in [-0.39, 0.29) is 12.1 Å². The number of halogens is 6. The van der Waals surface area contributed by atoms with Gasteiger partial charge in [0.25, 0.3) is 0 Å². The fraction of sp³-hybridized carbons (Fsp3) is 0.435. The second kappa shape index (κ2) is 12.8. The molecule has 0 aromatic heterocycles. The molecule has 40 heavy (non-hydrogen) atoms. The minimum Gasteiger partial charge on any atom is -0.421 e. The summed E-state index contributed by atoms with van der Waals surface area (Å²) in [5, 5.41) is 21.3. The van der Waals surface area contributed by atoms with E-state index in [1.165, 1.54) is 0 Å². The zero-order chi connectivity index (χ0) is 30.5. The third kappa shape index (κ3) is 8.39. The monoisotopic (exact) mass is 619 g/mol. The van der Waals surface area contributed by atoms with Gasteiger partial charge in [-0.3, -0.25) is 9.48 Å². The third-order valence-electron chi connectivity index (χ3n) is 5.94.